The molecule has 1 amide bonds. The predicted octanol–water partition coefficient (Wildman–Crippen LogP) is 2.84. The Morgan fingerprint density at radius 1 is 1.43 bits per heavy atom. The van der Waals surface area contributed by atoms with Gasteiger partial charge in [0.15, 0.2) is 0 Å². The van der Waals surface area contributed by atoms with Gasteiger partial charge in [-0.15, -0.1) is 0 Å². The van der Waals surface area contributed by atoms with E-state index < -0.39 is 0 Å². The first-order valence-electron chi connectivity index (χ1n) is 3.95. The van der Waals surface area contributed by atoms with Crippen LogP contribution in [0.4, 0.5) is 11.4 Å². The van der Waals surface area contributed by atoms with Gasteiger partial charge in [-0.1, -0.05) is 23.2 Å². The number of carbonyl (C=O) groups is 1. The Labute approximate surface area is 92.2 Å². The molecule has 0 radical (unpaired) electrons. The van der Waals surface area contributed by atoms with E-state index in [1.54, 1.807) is 13.0 Å². The van der Waals surface area contributed by atoms with Gasteiger partial charge in [0.1, 0.15) is 0 Å². The van der Waals surface area contributed by atoms with Crippen molar-refractivity contribution >= 4 is 40.5 Å². The van der Waals surface area contributed by atoms with Gasteiger partial charge >= 0.3 is 0 Å². The Balaban J connectivity index is 3.25. The van der Waals surface area contributed by atoms with Gasteiger partial charge in [-0.25, -0.2) is 0 Å². The third kappa shape index (κ3) is 2.11. The second kappa shape index (κ2) is 4.07. The fourth-order valence-corrected chi connectivity index (χ4v) is 1.50. The van der Waals surface area contributed by atoms with E-state index in [0.717, 1.165) is 5.56 Å². The number of carbonyl (C=O) groups excluding carboxylic acids is 1. The van der Waals surface area contributed by atoms with Crippen LogP contribution < -0.4 is 11.1 Å². The third-order valence-electron chi connectivity index (χ3n) is 1.76. The number of hydrogen-bond donors (Lipinski definition) is 2. The van der Waals surface area contributed by atoms with Crippen LogP contribution in [-0.2, 0) is 4.79 Å². The normalized spacial score (nSPS) is 10.0. The van der Waals surface area contributed by atoms with Gasteiger partial charge < -0.3 is 11.1 Å². The fraction of sp³-hybridized carbons (Fsp3) is 0.222. The molecule has 1 aromatic rings. The molecular formula is C9H10Cl2N2O. The third-order valence-corrected chi connectivity index (χ3v) is 2.64. The molecule has 0 spiro atoms. The number of nitrogen functional groups attached to an aromatic ring is 1. The van der Waals surface area contributed by atoms with E-state index in [1.165, 1.54) is 6.92 Å². The van der Waals surface area contributed by atoms with Crippen LogP contribution >= 0.6 is 23.2 Å². The van der Waals surface area contributed by atoms with E-state index in [0.29, 0.717) is 11.4 Å². The molecule has 14 heavy (non-hydrogen) atoms. The van der Waals surface area contributed by atoms with Crippen molar-refractivity contribution in [3.63, 3.8) is 0 Å². The van der Waals surface area contributed by atoms with Crippen molar-refractivity contribution in [1.29, 1.82) is 0 Å². The van der Waals surface area contributed by atoms with E-state index in [2.05, 4.69) is 5.32 Å². The van der Waals surface area contributed by atoms with E-state index >= 15 is 0 Å². The van der Waals surface area contributed by atoms with Crippen molar-refractivity contribution in [3.05, 3.63) is 21.7 Å². The van der Waals surface area contributed by atoms with Gasteiger partial charge in [-0.05, 0) is 18.6 Å². The summed E-state index contributed by atoms with van der Waals surface area (Å²) in [5.74, 6) is -0.202. The zero-order valence-corrected chi connectivity index (χ0v) is 9.33. The predicted molar refractivity (Wildman–Crippen MR) is 59.9 cm³/mol. The first-order chi connectivity index (χ1) is 6.43. The van der Waals surface area contributed by atoms with Crippen LogP contribution in [0, 0.1) is 6.92 Å². The highest BCUT2D eigenvalue weighted by Crippen LogP contribution is 2.36. The summed E-state index contributed by atoms with van der Waals surface area (Å²) in [6, 6.07) is 1.69. The molecule has 0 saturated heterocycles. The molecule has 0 aliphatic heterocycles. The Hall–Kier alpha value is -0.930. The molecule has 0 aliphatic rings. The topological polar surface area (TPSA) is 55.1 Å². The van der Waals surface area contributed by atoms with E-state index in [1.807, 2.05) is 0 Å². The molecule has 3 N–H and O–H groups in total. The van der Waals surface area contributed by atoms with E-state index in [-0.39, 0.29) is 16.0 Å². The second-order valence-corrected chi connectivity index (χ2v) is 3.72. The number of aryl methyl sites for hydroxylation is 1. The average molecular weight is 233 g/mol. The van der Waals surface area contributed by atoms with Crippen LogP contribution in [0.1, 0.15) is 12.5 Å². The molecule has 0 saturated carbocycles. The lowest BCUT2D eigenvalue weighted by Crippen LogP contribution is -2.07. The number of nitrogens with one attached hydrogen (secondary N) is 1. The number of amides is 1. The summed E-state index contributed by atoms with van der Waals surface area (Å²) in [6.07, 6.45) is 0. The molecule has 76 valence electrons. The Bertz CT molecular complexity index is 391. The number of halogens is 2. The van der Waals surface area contributed by atoms with E-state index in [9.17, 15) is 4.79 Å². The van der Waals surface area contributed by atoms with Crippen molar-refractivity contribution in [2.24, 2.45) is 0 Å². The largest absolute Gasteiger partial charge is 0.397 e. The molecule has 5 heteroatoms. The smallest absolute Gasteiger partial charge is 0.221 e. The number of anilines is 2. The summed E-state index contributed by atoms with van der Waals surface area (Å²) < 4.78 is 0. The molecule has 1 aromatic carbocycles. The molecule has 0 aliphatic carbocycles. The summed E-state index contributed by atoms with van der Waals surface area (Å²) in [4.78, 5) is 10.8. The standard InChI is InChI=1S/C9H10Cl2N2O/c1-4-3-6(13-5(2)14)7(10)8(11)9(4)12/h3H,12H2,1-2H3,(H,13,14). The SMILES string of the molecule is CC(=O)Nc1cc(C)c(N)c(Cl)c1Cl. The molecule has 3 nitrogen and oxygen atoms in total. The Kier molecular flexibility index (Phi) is 3.24. The zero-order chi connectivity index (χ0) is 10.9. The number of rotatable bonds is 1. The summed E-state index contributed by atoms with van der Waals surface area (Å²) in [5.41, 5.74) is 7.35. The fourth-order valence-electron chi connectivity index (χ4n) is 1.05. The van der Waals surface area contributed by atoms with Gasteiger partial charge in [0.05, 0.1) is 21.4 Å². The number of benzene rings is 1. The lowest BCUT2D eigenvalue weighted by Gasteiger charge is -2.10. The quantitative estimate of drug-likeness (QED) is 0.732. The highest BCUT2D eigenvalue weighted by Gasteiger charge is 2.11. The first kappa shape index (κ1) is 11.1. The van der Waals surface area contributed by atoms with Crippen LogP contribution in [0.25, 0.3) is 0 Å². The number of hydrogen-bond acceptors (Lipinski definition) is 2. The molecule has 0 bridgehead atoms. The van der Waals surface area contributed by atoms with Crippen LogP contribution in [0.5, 0.6) is 0 Å². The lowest BCUT2D eigenvalue weighted by molar-refractivity contribution is -0.114. The van der Waals surface area contributed by atoms with Crippen LogP contribution in [-0.4, -0.2) is 5.91 Å². The zero-order valence-electron chi connectivity index (χ0n) is 7.82. The molecule has 0 unspecified atom stereocenters. The lowest BCUT2D eigenvalue weighted by atomic mass is 10.2. The first-order valence-corrected chi connectivity index (χ1v) is 4.70. The van der Waals surface area contributed by atoms with Crippen molar-refractivity contribution < 1.29 is 4.79 Å². The average Bonchev–Trinajstić information content (AvgIpc) is 2.10. The van der Waals surface area contributed by atoms with Crippen molar-refractivity contribution in [3.8, 4) is 0 Å². The maximum atomic E-state index is 10.8. The van der Waals surface area contributed by atoms with E-state index in [4.69, 9.17) is 28.9 Å². The molecule has 0 aromatic heterocycles. The minimum Gasteiger partial charge on any atom is -0.397 e. The molecule has 0 fully saturated rings. The molecule has 1 rings (SSSR count). The van der Waals surface area contributed by atoms with Gasteiger partial charge in [0.25, 0.3) is 0 Å². The minimum absolute atomic E-state index is 0.202. The summed E-state index contributed by atoms with van der Waals surface area (Å²) >= 11 is 11.8. The summed E-state index contributed by atoms with van der Waals surface area (Å²) in [5, 5.41) is 3.11. The maximum Gasteiger partial charge on any atom is 0.221 e. The highest BCUT2D eigenvalue weighted by molar-refractivity contribution is 6.45. The highest BCUT2D eigenvalue weighted by atomic mass is 35.5. The van der Waals surface area contributed by atoms with Crippen LogP contribution in [0.3, 0.4) is 0 Å². The summed E-state index contributed by atoms with van der Waals surface area (Å²) in [7, 11) is 0. The van der Waals surface area contributed by atoms with Crippen molar-refractivity contribution in [1.82, 2.24) is 0 Å². The van der Waals surface area contributed by atoms with Gasteiger partial charge in [0.2, 0.25) is 5.91 Å². The summed E-state index contributed by atoms with van der Waals surface area (Å²) in [6.45, 7) is 3.19. The van der Waals surface area contributed by atoms with Gasteiger partial charge in [-0.2, -0.15) is 0 Å². The minimum atomic E-state index is -0.202. The maximum absolute atomic E-state index is 10.8. The molecular weight excluding hydrogens is 223 g/mol. The monoisotopic (exact) mass is 232 g/mol. The molecule has 0 atom stereocenters. The second-order valence-electron chi connectivity index (χ2n) is 2.96. The van der Waals surface area contributed by atoms with Gasteiger partial charge in [-0.3, -0.25) is 4.79 Å². The molecule has 0 heterocycles. The van der Waals surface area contributed by atoms with Gasteiger partial charge in [0, 0.05) is 6.92 Å². The van der Waals surface area contributed by atoms with Crippen LogP contribution in [0.15, 0.2) is 6.07 Å². The Morgan fingerprint density at radius 3 is 2.50 bits per heavy atom. The Morgan fingerprint density at radius 2 is 2.00 bits per heavy atom. The van der Waals surface area contributed by atoms with Crippen molar-refractivity contribution in [2.75, 3.05) is 11.1 Å². The van der Waals surface area contributed by atoms with Crippen LogP contribution in [0.2, 0.25) is 10.0 Å². The number of nitrogens with two attached hydrogens (primary N) is 1. The van der Waals surface area contributed by atoms with Crippen molar-refractivity contribution in [2.45, 2.75) is 13.8 Å².